The summed E-state index contributed by atoms with van der Waals surface area (Å²) in [6.07, 6.45) is 5.82. The van der Waals surface area contributed by atoms with E-state index in [2.05, 4.69) is 48.3 Å². The highest BCUT2D eigenvalue weighted by atomic mass is 15.1. The summed E-state index contributed by atoms with van der Waals surface area (Å²) in [7, 11) is 0. The van der Waals surface area contributed by atoms with Gasteiger partial charge in [-0.15, -0.1) is 0 Å². The molecule has 0 atom stereocenters. The monoisotopic (exact) mass is 286 g/mol. The van der Waals surface area contributed by atoms with Gasteiger partial charge in [-0.25, -0.2) is 0 Å². The van der Waals surface area contributed by atoms with E-state index in [1.54, 1.807) is 0 Å². The van der Waals surface area contributed by atoms with E-state index in [9.17, 15) is 0 Å². The second-order valence-electron chi connectivity index (χ2n) is 7.39. The van der Waals surface area contributed by atoms with Crippen molar-refractivity contribution in [2.24, 2.45) is 11.8 Å². The fourth-order valence-electron chi connectivity index (χ4n) is 2.97. The van der Waals surface area contributed by atoms with Crippen LogP contribution in [0.4, 0.5) is 0 Å². The van der Waals surface area contributed by atoms with Crippen molar-refractivity contribution in [3.05, 3.63) is 35.4 Å². The predicted molar refractivity (Wildman–Crippen MR) is 89.1 cm³/mol. The van der Waals surface area contributed by atoms with Gasteiger partial charge in [0.25, 0.3) is 0 Å². The van der Waals surface area contributed by atoms with E-state index in [0.29, 0.717) is 6.04 Å². The molecule has 0 aromatic heterocycles. The van der Waals surface area contributed by atoms with Crippen LogP contribution in [0.25, 0.3) is 0 Å². The Labute approximate surface area is 129 Å². The number of rotatable bonds is 9. The van der Waals surface area contributed by atoms with E-state index in [0.717, 1.165) is 24.9 Å². The van der Waals surface area contributed by atoms with E-state index in [1.165, 1.54) is 49.9 Å². The summed E-state index contributed by atoms with van der Waals surface area (Å²) in [4.78, 5) is 2.73. The zero-order valence-electron chi connectivity index (χ0n) is 13.6. The SMILES string of the molecule is CC(C)NCc1ccccc1CN(CC1CC1)CC1CC1. The minimum atomic E-state index is 0.548. The maximum atomic E-state index is 3.56. The van der Waals surface area contributed by atoms with Crippen LogP contribution in [-0.4, -0.2) is 24.0 Å². The average Bonchev–Trinajstić information content (AvgIpc) is 3.34. The molecule has 2 aliphatic carbocycles. The lowest BCUT2D eigenvalue weighted by Gasteiger charge is -2.24. The van der Waals surface area contributed by atoms with Crippen LogP contribution < -0.4 is 5.32 Å². The summed E-state index contributed by atoms with van der Waals surface area (Å²) in [5.74, 6) is 1.98. The average molecular weight is 286 g/mol. The Morgan fingerprint density at radius 2 is 1.57 bits per heavy atom. The third-order valence-corrected chi connectivity index (χ3v) is 4.64. The quantitative estimate of drug-likeness (QED) is 0.742. The van der Waals surface area contributed by atoms with Gasteiger partial charge in [0.1, 0.15) is 0 Å². The van der Waals surface area contributed by atoms with Gasteiger partial charge in [-0.1, -0.05) is 38.1 Å². The Morgan fingerprint density at radius 3 is 2.10 bits per heavy atom. The van der Waals surface area contributed by atoms with Crippen molar-refractivity contribution in [1.29, 1.82) is 0 Å². The molecule has 1 aromatic carbocycles. The summed E-state index contributed by atoms with van der Waals surface area (Å²) in [5, 5.41) is 3.56. The molecule has 116 valence electrons. The van der Waals surface area contributed by atoms with Crippen LogP contribution in [0.15, 0.2) is 24.3 Å². The van der Waals surface area contributed by atoms with Gasteiger partial charge in [0.05, 0.1) is 0 Å². The molecule has 0 unspecified atom stereocenters. The summed E-state index contributed by atoms with van der Waals surface area (Å²) in [6.45, 7) is 9.21. The van der Waals surface area contributed by atoms with Crippen LogP contribution in [0.1, 0.15) is 50.7 Å². The van der Waals surface area contributed by atoms with E-state index in [-0.39, 0.29) is 0 Å². The molecule has 2 aliphatic rings. The summed E-state index contributed by atoms with van der Waals surface area (Å²) in [5.41, 5.74) is 3.00. The summed E-state index contributed by atoms with van der Waals surface area (Å²) in [6, 6.07) is 9.53. The minimum absolute atomic E-state index is 0.548. The van der Waals surface area contributed by atoms with Crippen molar-refractivity contribution in [2.45, 2.75) is 58.7 Å². The van der Waals surface area contributed by atoms with Crippen molar-refractivity contribution in [3.63, 3.8) is 0 Å². The third-order valence-electron chi connectivity index (χ3n) is 4.64. The first-order valence-electron chi connectivity index (χ1n) is 8.73. The highest BCUT2D eigenvalue weighted by Gasteiger charge is 2.29. The Kier molecular flexibility index (Phi) is 4.97. The lowest BCUT2D eigenvalue weighted by Crippen LogP contribution is -2.29. The van der Waals surface area contributed by atoms with Crippen molar-refractivity contribution in [3.8, 4) is 0 Å². The summed E-state index contributed by atoms with van der Waals surface area (Å²) >= 11 is 0. The standard InChI is InChI=1S/C19H30N2/c1-15(2)20-11-18-5-3-4-6-19(18)14-21(12-16-7-8-16)13-17-9-10-17/h3-6,15-17,20H,7-14H2,1-2H3. The van der Waals surface area contributed by atoms with Crippen LogP contribution in [0, 0.1) is 11.8 Å². The molecular weight excluding hydrogens is 256 g/mol. The molecule has 2 saturated carbocycles. The predicted octanol–water partition coefficient (Wildman–Crippen LogP) is 3.81. The Hall–Kier alpha value is -0.860. The molecule has 0 spiro atoms. The number of benzene rings is 1. The molecule has 0 bridgehead atoms. The molecule has 1 aromatic rings. The topological polar surface area (TPSA) is 15.3 Å². The molecule has 2 fully saturated rings. The largest absolute Gasteiger partial charge is 0.310 e. The number of nitrogens with zero attached hydrogens (tertiary/aromatic N) is 1. The van der Waals surface area contributed by atoms with Crippen molar-refractivity contribution < 1.29 is 0 Å². The molecule has 2 heteroatoms. The van der Waals surface area contributed by atoms with Crippen LogP contribution in [0.3, 0.4) is 0 Å². The maximum absolute atomic E-state index is 3.56. The van der Waals surface area contributed by atoms with Gasteiger partial charge >= 0.3 is 0 Å². The summed E-state index contributed by atoms with van der Waals surface area (Å²) < 4.78 is 0. The maximum Gasteiger partial charge on any atom is 0.0237 e. The molecule has 2 nitrogen and oxygen atoms in total. The Bertz CT molecular complexity index is 433. The smallest absolute Gasteiger partial charge is 0.0237 e. The van der Waals surface area contributed by atoms with Gasteiger partial charge < -0.3 is 5.32 Å². The highest BCUT2D eigenvalue weighted by molar-refractivity contribution is 5.27. The normalized spacial score (nSPS) is 18.7. The van der Waals surface area contributed by atoms with E-state index in [4.69, 9.17) is 0 Å². The van der Waals surface area contributed by atoms with Gasteiger partial charge in [-0.3, -0.25) is 4.90 Å². The minimum Gasteiger partial charge on any atom is -0.310 e. The molecule has 1 N–H and O–H groups in total. The molecule has 0 aliphatic heterocycles. The first-order valence-corrected chi connectivity index (χ1v) is 8.73. The highest BCUT2D eigenvalue weighted by Crippen LogP contribution is 2.34. The van der Waals surface area contributed by atoms with E-state index < -0.39 is 0 Å². The van der Waals surface area contributed by atoms with Crippen molar-refractivity contribution in [1.82, 2.24) is 10.2 Å². The second kappa shape index (κ2) is 6.93. The van der Waals surface area contributed by atoms with Gasteiger partial charge in [0.15, 0.2) is 0 Å². The Morgan fingerprint density at radius 1 is 1.00 bits per heavy atom. The lowest BCUT2D eigenvalue weighted by molar-refractivity contribution is 0.243. The third kappa shape index (κ3) is 5.12. The van der Waals surface area contributed by atoms with Crippen LogP contribution >= 0.6 is 0 Å². The second-order valence-corrected chi connectivity index (χ2v) is 7.39. The zero-order valence-corrected chi connectivity index (χ0v) is 13.6. The molecule has 0 heterocycles. The lowest BCUT2D eigenvalue weighted by atomic mass is 10.1. The van der Waals surface area contributed by atoms with E-state index in [1.807, 2.05) is 0 Å². The van der Waals surface area contributed by atoms with Gasteiger partial charge in [-0.05, 0) is 48.6 Å². The Balaban J connectivity index is 1.62. The molecular formula is C19H30N2. The van der Waals surface area contributed by atoms with Gasteiger partial charge in [0, 0.05) is 32.2 Å². The molecule has 0 saturated heterocycles. The van der Waals surface area contributed by atoms with Gasteiger partial charge in [0.2, 0.25) is 0 Å². The zero-order chi connectivity index (χ0) is 14.7. The number of hydrogen-bond donors (Lipinski definition) is 1. The molecule has 0 radical (unpaired) electrons. The van der Waals surface area contributed by atoms with E-state index >= 15 is 0 Å². The van der Waals surface area contributed by atoms with Crippen molar-refractivity contribution >= 4 is 0 Å². The van der Waals surface area contributed by atoms with Crippen LogP contribution in [0.5, 0.6) is 0 Å². The fourth-order valence-corrected chi connectivity index (χ4v) is 2.97. The van der Waals surface area contributed by atoms with Crippen LogP contribution in [-0.2, 0) is 13.1 Å². The number of hydrogen-bond acceptors (Lipinski definition) is 2. The molecule has 0 amide bonds. The van der Waals surface area contributed by atoms with Crippen molar-refractivity contribution in [2.75, 3.05) is 13.1 Å². The molecule has 21 heavy (non-hydrogen) atoms. The first kappa shape index (κ1) is 15.1. The fraction of sp³-hybridized carbons (Fsp3) is 0.684. The molecule has 3 rings (SSSR count). The van der Waals surface area contributed by atoms with Gasteiger partial charge in [-0.2, -0.15) is 0 Å². The van der Waals surface area contributed by atoms with Crippen LogP contribution in [0.2, 0.25) is 0 Å². The first-order chi connectivity index (χ1) is 10.2. The number of nitrogens with one attached hydrogen (secondary N) is 1.